The molecule has 3 heterocycles. The van der Waals surface area contributed by atoms with Crippen molar-refractivity contribution in [3.8, 4) is 11.4 Å². The lowest BCUT2D eigenvalue weighted by atomic mass is 10.0. The Morgan fingerprint density at radius 2 is 2.25 bits per heavy atom. The lowest BCUT2D eigenvalue weighted by Crippen LogP contribution is -2.19. The van der Waals surface area contributed by atoms with Crippen molar-refractivity contribution in [3.63, 3.8) is 0 Å². The minimum Gasteiger partial charge on any atom is -0.389 e. The molecule has 0 aliphatic carbocycles. The fraction of sp³-hybridized carbons (Fsp3) is 0.353. The Bertz CT molecular complexity index is 911. The minimum absolute atomic E-state index is 0.257. The monoisotopic (exact) mass is 327 g/mol. The number of halogens is 1. The molecule has 7 heteroatoms. The van der Waals surface area contributed by atoms with E-state index in [0.717, 1.165) is 16.5 Å². The first-order chi connectivity index (χ1) is 11.6. The van der Waals surface area contributed by atoms with Crippen LogP contribution < -0.4 is 5.32 Å². The zero-order valence-electron chi connectivity index (χ0n) is 13.5. The molecule has 1 atom stereocenters. The number of nitrogens with zero attached hydrogens (tertiary/aromatic N) is 4. The molecule has 3 aromatic rings. The summed E-state index contributed by atoms with van der Waals surface area (Å²) in [5.41, 5.74) is 1.85. The predicted octanol–water partition coefficient (Wildman–Crippen LogP) is 3.56. The van der Waals surface area contributed by atoms with E-state index in [1.807, 2.05) is 29.1 Å². The third kappa shape index (κ3) is 2.46. The van der Waals surface area contributed by atoms with Crippen molar-refractivity contribution in [2.24, 2.45) is 0 Å². The van der Waals surface area contributed by atoms with Crippen LogP contribution in [0.4, 0.5) is 4.39 Å². The van der Waals surface area contributed by atoms with Crippen LogP contribution in [0.3, 0.4) is 0 Å². The maximum Gasteiger partial charge on any atom is 0.237 e. The number of benzene rings is 1. The van der Waals surface area contributed by atoms with Crippen molar-refractivity contribution in [1.29, 1.82) is 0 Å². The van der Waals surface area contributed by atoms with Crippen molar-refractivity contribution in [1.82, 2.24) is 25.2 Å². The second-order valence-corrected chi connectivity index (χ2v) is 6.24. The molecule has 0 bridgehead atoms. The number of hydrogen-bond acceptors (Lipinski definition) is 5. The molecule has 1 aromatic carbocycles. The van der Waals surface area contributed by atoms with Crippen LogP contribution in [0.25, 0.3) is 22.3 Å². The Morgan fingerprint density at radius 1 is 1.38 bits per heavy atom. The summed E-state index contributed by atoms with van der Waals surface area (Å²) in [4.78, 5) is 4.40. The summed E-state index contributed by atoms with van der Waals surface area (Å²) in [5.74, 6) is 0.0506. The largest absolute Gasteiger partial charge is 0.389 e. The molecule has 0 spiro atoms. The van der Waals surface area contributed by atoms with Gasteiger partial charge in [0.15, 0.2) is 0 Å². The van der Waals surface area contributed by atoms with Gasteiger partial charge in [-0.3, -0.25) is 4.68 Å². The Balaban J connectivity index is 1.71. The van der Waals surface area contributed by atoms with E-state index in [4.69, 9.17) is 4.52 Å². The summed E-state index contributed by atoms with van der Waals surface area (Å²) in [5, 5.41) is 12.4. The highest BCUT2D eigenvalue weighted by atomic mass is 19.1. The topological polar surface area (TPSA) is 68.8 Å². The molecule has 6 nitrogen and oxygen atoms in total. The van der Waals surface area contributed by atoms with E-state index < -0.39 is 5.92 Å². The van der Waals surface area contributed by atoms with Gasteiger partial charge in [0, 0.05) is 29.7 Å². The molecule has 4 rings (SSSR count). The van der Waals surface area contributed by atoms with Gasteiger partial charge in [0.2, 0.25) is 11.7 Å². The van der Waals surface area contributed by atoms with Crippen LogP contribution in [0, 0.1) is 0 Å². The summed E-state index contributed by atoms with van der Waals surface area (Å²) in [6.45, 7) is 4.85. The fourth-order valence-electron chi connectivity index (χ4n) is 2.96. The third-order valence-electron chi connectivity index (χ3n) is 4.24. The Morgan fingerprint density at radius 3 is 3.04 bits per heavy atom. The van der Waals surface area contributed by atoms with Crippen LogP contribution in [0.5, 0.6) is 0 Å². The molecular weight excluding hydrogens is 309 g/mol. The Hall–Kier alpha value is -2.70. The molecule has 0 fully saturated rings. The van der Waals surface area contributed by atoms with E-state index in [2.05, 4.69) is 34.4 Å². The van der Waals surface area contributed by atoms with E-state index in [9.17, 15) is 4.39 Å². The maximum atomic E-state index is 13.9. The predicted molar refractivity (Wildman–Crippen MR) is 88.0 cm³/mol. The average Bonchev–Trinajstić information content (AvgIpc) is 3.21. The summed E-state index contributed by atoms with van der Waals surface area (Å²) >= 11 is 0. The van der Waals surface area contributed by atoms with E-state index in [-0.39, 0.29) is 11.9 Å². The quantitative estimate of drug-likeness (QED) is 0.796. The highest BCUT2D eigenvalue weighted by Crippen LogP contribution is 2.31. The van der Waals surface area contributed by atoms with E-state index in [0.29, 0.717) is 24.7 Å². The number of aromatic nitrogens is 4. The van der Waals surface area contributed by atoms with Gasteiger partial charge in [-0.25, -0.2) is 4.39 Å². The first-order valence-corrected chi connectivity index (χ1v) is 8.03. The molecule has 1 aliphatic rings. The van der Waals surface area contributed by atoms with Gasteiger partial charge in [-0.1, -0.05) is 17.3 Å². The number of nitrogens with one attached hydrogen (secondary N) is 1. The molecule has 1 unspecified atom stereocenters. The smallest absolute Gasteiger partial charge is 0.237 e. The first kappa shape index (κ1) is 14.9. The molecule has 0 saturated carbocycles. The van der Waals surface area contributed by atoms with Crippen LogP contribution in [-0.4, -0.2) is 26.5 Å². The van der Waals surface area contributed by atoms with Gasteiger partial charge in [-0.15, -0.1) is 0 Å². The van der Waals surface area contributed by atoms with Gasteiger partial charge >= 0.3 is 0 Å². The number of hydrogen-bond donors (Lipinski definition) is 1. The molecule has 0 radical (unpaired) electrons. The van der Waals surface area contributed by atoms with E-state index in [1.165, 1.54) is 6.20 Å². The first-order valence-electron chi connectivity index (χ1n) is 8.03. The normalized spacial score (nSPS) is 18.0. The van der Waals surface area contributed by atoms with Crippen molar-refractivity contribution >= 4 is 10.9 Å². The molecule has 1 aliphatic heterocycles. The molecule has 0 amide bonds. The molecule has 124 valence electrons. The number of allylic oxidation sites excluding steroid dienone is 1. The summed E-state index contributed by atoms with van der Waals surface area (Å²) in [6.07, 6.45) is 3.81. The highest BCUT2D eigenvalue weighted by molar-refractivity contribution is 5.83. The number of fused-ring (bicyclic) bond motifs is 1. The van der Waals surface area contributed by atoms with Gasteiger partial charge < -0.3 is 9.84 Å². The van der Waals surface area contributed by atoms with Crippen molar-refractivity contribution in [2.45, 2.75) is 32.2 Å². The van der Waals surface area contributed by atoms with Crippen LogP contribution >= 0.6 is 0 Å². The zero-order chi connectivity index (χ0) is 16.7. The second kappa shape index (κ2) is 5.74. The molecule has 24 heavy (non-hydrogen) atoms. The Kier molecular flexibility index (Phi) is 3.55. The lowest BCUT2D eigenvalue weighted by molar-refractivity contribution is 0.335. The molecule has 2 aromatic heterocycles. The Labute approximate surface area is 138 Å². The van der Waals surface area contributed by atoms with Gasteiger partial charge in [-0.05, 0) is 26.3 Å². The van der Waals surface area contributed by atoms with Crippen LogP contribution in [-0.2, 0) is 0 Å². The van der Waals surface area contributed by atoms with Gasteiger partial charge in [0.1, 0.15) is 5.83 Å². The molecular formula is C17H18FN5O. The van der Waals surface area contributed by atoms with Gasteiger partial charge in [-0.2, -0.15) is 10.1 Å². The van der Waals surface area contributed by atoms with Gasteiger partial charge in [0.25, 0.3) is 0 Å². The fourth-order valence-corrected chi connectivity index (χ4v) is 2.96. The van der Waals surface area contributed by atoms with Crippen molar-refractivity contribution in [2.75, 3.05) is 6.54 Å². The SMILES string of the molecule is CC(C)n1ncc2ccc(-c3noc(C4CCNC=C4F)n3)cc21. The summed E-state index contributed by atoms with van der Waals surface area (Å²) in [7, 11) is 0. The van der Waals surface area contributed by atoms with Crippen molar-refractivity contribution < 1.29 is 8.91 Å². The second-order valence-electron chi connectivity index (χ2n) is 6.24. The van der Waals surface area contributed by atoms with Crippen LogP contribution in [0.15, 0.2) is 40.9 Å². The minimum atomic E-state index is -0.461. The van der Waals surface area contributed by atoms with E-state index >= 15 is 0 Å². The zero-order valence-corrected chi connectivity index (χ0v) is 13.5. The number of rotatable bonds is 3. The van der Waals surface area contributed by atoms with E-state index in [1.54, 1.807) is 0 Å². The van der Waals surface area contributed by atoms with Gasteiger partial charge in [0.05, 0.1) is 17.6 Å². The maximum absolute atomic E-state index is 13.9. The highest BCUT2D eigenvalue weighted by Gasteiger charge is 2.26. The molecule has 1 N–H and O–H groups in total. The summed E-state index contributed by atoms with van der Waals surface area (Å²) in [6, 6.07) is 6.16. The van der Waals surface area contributed by atoms with Crippen LogP contribution in [0.1, 0.15) is 38.1 Å². The third-order valence-corrected chi connectivity index (χ3v) is 4.24. The van der Waals surface area contributed by atoms with Crippen molar-refractivity contribution in [3.05, 3.63) is 42.3 Å². The van der Waals surface area contributed by atoms with Crippen LogP contribution in [0.2, 0.25) is 0 Å². The average molecular weight is 327 g/mol. The standard InChI is InChI=1S/C17H18FN5O/c1-10(2)23-15-7-11(3-4-12(15)8-20-23)16-21-17(24-22-16)13-5-6-19-9-14(13)18/h3-4,7-10,13,19H,5-6H2,1-2H3. The summed E-state index contributed by atoms with van der Waals surface area (Å²) < 4.78 is 21.2. The lowest BCUT2D eigenvalue weighted by Gasteiger charge is -2.15. The molecule has 0 saturated heterocycles.